The summed E-state index contributed by atoms with van der Waals surface area (Å²) in [5.74, 6) is 0. The van der Waals surface area contributed by atoms with Crippen molar-refractivity contribution in [2.45, 2.75) is 13.8 Å². The summed E-state index contributed by atoms with van der Waals surface area (Å²) in [6.07, 6.45) is 2.19. The molecule has 0 atom stereocenters. The first kappa shape index (κ1) is 6.09. The monoisotopic (exact) mass is 103 g/mol. The van der Waals surface area contributed by atoms with E-state index in [1.807, 2.05) is 0 Å². The van der Waals surface area contributed by atoms with E-state index in [-0.39, 0.29) is 0 Å². The van der Waals surface area contributed by atoms with Crippen molar-refractivity contribution in [1.29, 1.82) is 0 Å². The summed E-state index contributed by atoms with van der Waals surface area (Å²) in [4.78, 5) is 0. The Kier molecular flexibility index (Phi) is 3.34. The van der Waals surface area contributed by atoms with E-state index < -0.39 is 0 Å². The van der Waals surface area contributed by atoms with Crippen molar-refractivity contribution in [3.63, 3.8) is 0 Å². The third-order valence-electron chi connectivity index (χ3n) is 0.744. The van der Waals surface area contributed by atoms with E-state index in [1.165, 1.54) is 0 Å². The van der Waals surface area contributed by atoms with Crippen LogP contribution >= 0.6 is 0 Å². The molecule has 6 heavy (non-hydrogen) atoms. The van der Waals surface area contributed by atoms with Crippen molar-refractivity contribution >= 4 is 20.8 Å². The lowest BCUT2D eigenvalue weighted by molar-refractivity contribution is 2.12. The molecular weight excluding hydrogens is 92.1 g/mol. The summed E-state index contributed by atoms with van der Waals surface area (Å²) in [6.45, 7) is 4.17. The second-order valence-electron chi connectivity index (χ2n) is 1.08. The van der Waals surface area contributed by atoms with E-state index in [4.69, 9.17) is 0 Å². The van der Waals surface area contributed by atoms with Crippen molar-refractivity contribution in [3.05, 3.63) is 0 Å². The Labute approximate surface area is 41.7 Å². The van der Waals surface area contributed by atoms with Crippen LogP contribution in [0.3, 0.4) is 0 Å². The Balaban J connectivity index is 3.86. The molecular formula is C5H11S-. The molecule has 0 radical (unpaired) electrons. The van der Waals surface area contributed by atoms with Gasteiger partial charge >= 0.3 is 0 Å². The normalized spacial score (nSPS) is 15.8. The standard InChI is InChI=1S/C5H11S/c1-4-6(3)5-2/h4-5H,1-3H3/q-1. The number of hydrogen-bond donors (Lipinski definition) is 0. The molecule has 0 fully saturated rings. The highest BCUT2D eigenvalue weighted by atomic mass is 32.2. The minimum absolute atomic E-state index is 0.466. The van der Waals surface area contributed by atoms with Gasteiger partial charge in [0.2, 0.25) is 0 Å². The molecule has 0 aromatic carbocycles. The largest absolute Gasteiger partial charge is 0.482 e. The molecule has 0 aromatic heterocycles. The molecule has 0 N–H and O–H groups in total. The average Bonchev–Trinajstić information content (AvgIpc) is 1.65. The van der Waals surface area contributed by atoms with Crippen LogP contribution in [0.2, 0.25) is 0 Å². The van der Waals surface area contributed by atoms with E-state index in [0.29, 0.717) is 10.1 Å². The highest BCUT2D eigenvalue weighted by Gasteiger charge is 1.35. The molecule has 0 rings (SSSR count). The highest BCUT2D eigenvalue weighted by molar-refractivity contribution is 7.92. The molecule has 0 amide bonds. The van der Waals surface area contributed by atoms with Gasteiger partial charge in [0, 0.05) is 0 Å². The van der Waals surface area contributed by atoms with Gasteiger partial charge in [0.05, 0.1) is 0 Å². The predicted octanol–water partition coefficient (Wildman–Crippen LogP) is 0.879. The zero-order valence-corrected chi connectivity index (χ0v) is 5.38. The van der Waals surface area contributed by atoms with Crippen molar-refractivity contribution in [2.24, 2.45) is 0 Å². The molecule has 0 saturated carbocycles. The Bertz CT molecular complexity index is 84.5. The van der Waals surface area contributed by atoms with Crippen molar-refractivity contribution in [3.8, 4) is 0 Å². The highest BCUT2D eigenvalue weighted by Crippen LogP contribution is 1.52. The Morgan fingerprint density at radius 1 is 1.17 bits per heavy atom. The summed E-state index contributed by atoms with van der Waals surface area (Å²) >= 11 is 0. The van der Waals surface area contributed by atoms with Gasteiger partial charge in [-0.05, 0) is 0 Å². The summed E-state index contributed by atoms with van der Waals surface area (Å²) < 4.78 is 0. The summed E-state index contributed by atoms with van der Waals surface area (Å²) in [5.41, 5.74) is 0. The third-order valence-corrected chi connectivity index (χ3v) is 2.23. The number of rotatable bonds is 0. The van der Waals surface area contributed by atoms with Gasteiger partial charge in [-0.2, -0.15) is 0 Å². The molecule has 0 aliphatic heterocycles. The molecule has 0 aromatic rings. The molecule has 0 aliphatic rings. The molecule has 0 bridgehead atoms. The summed E-state index contributed by atoms with van der Waals surface area (Å²) in [6, 6.07) is 0. The Morgan fingerprint density at radius 2 is 1.50 bits per heavy atom. The second-order valence-corrected chi connectivity index (χ2v) is 3.24. The zero-order valence-electron chi connectivity index (χ0n) is 4.56. The molecule has 0 heterocycles. The van der Waals surface area contributed by atoms with E-state index >= 15 is 0 Å². The van der Waals surface area contributed by atoms with Crippen LogP contribution in [0.4, 0.5) is 0 Å². The van der Waals surface area contributed by atoms with E-state index in [9.17, 15) is 0 Å². The van der Waals surface area contributed by atoms with Crippen molar-refractivity contribution < 1.29 is 0 Å². The van der Waals surface area contributed by atoms with Gasteiger partial charge in [-0.1, -0.05) is 13.8 Å². The number of hydrogen-bond acceptors (Lipinski definition) is 1. The Hall–Kier alpha value is 0.0900. The van der Waals surface area contributed by atoms with Crippen LogP contribution < -0.4 is 0 Å². The van der Waals surface area contributed by atoms with Crippen LogP contribution in [0.15, 0.2) is 0 Å². The van der Waals surface area contributed by atoms with Crippen molar-refractivity contribution in [1.82, 2.24) is 0 Å². The molecule has 0 unspecified atom stereocenters. The first-order chi connectivity index (χ1) is 2.81. The molecule has 0 spiro atoms. The van der Waals surface area contributed by atoms with Gasteiger partial charge in [0.25, 0.3) is 0 Å². The van der Waals surface area contributed by atoms with Gasteiger partial charge < -0.3 is 10.1 Å². The van der Waals surface area contributed by atoms with Gasteiger partial charge in [-0.3, -0.25) is 0 Å². The minimum atomic E-state index is 0.466. The molecule has 0 nitrogen and oxygen atoms in total. The van der Waals surface area contributed by atoms with Crippen LogP contribution in [-0.4, -0.2) is 17.0 Å². The van der Waals surface area contributed by atoms with Crippen LogP contribution in [0, 0.1) is 0 Å². The van der Waals surface area contributed by atoms with Crippen LogP contribution in [0.25, 0.3) is 0 Å². The second kappa shape index (κ2) is 3.29. The fourth-order valence-electron chi connectivity index (χ4n) is 0.136. The molecule has 38 valence electrons. The average molecular weight is 103 g/mol. The van der Waals surface area contributed by atoms with Crippen molar-refractivity contribution in [2.75, 3.05) is 6.26 Å². The fourth-order valence-corrected chi connectivity index (χ4v) is 0.408. The fraction of sp³-hybridized carbons (Fsp3) is 0.600. The maximum Gasteiger partial charge on any atom is -0.0709 e. The quantitative estimate of drug-likeness (QED) is 0.315. The zero-order chi connectivity index (χ0) is 4.99. The first-order valence-electron chi connectivity index (χ1n) is 2.03. The summed E-state index contributed by atoms with van der Waals surface area (Å²) in [5, 5.41) is 4.39. The maximum atomic E-state index is 2.19. The maximum absolute atomic E-state index is 2.19. The molecule has 1 heteroatoms. The van der Waals surface area contributed by atoms with E-state index in [1.54, 1.807) is 0 Å². The Morgan fingerprint density at radius 3 is 1.50 bits per heavy atom. The smallest absolute Gasteiger partial charge is 0.0709 e. The molecule has 0 saturated heterocycles. The lowest BCUT2D eigenvalue weighted by Crippen LogP contribution is -1.73. The van der Waals surface area contributed by atoms with Crippen LogP contribution in [0.5, 0.6) is 0 Å². The lowest BCUT2D eigenvalue weighted by Gasteiger charge is -1.91. The van der Waals surface area contributed by atoms with Gasteiger partial charge in [-0.25, -0.2) is 10.7 Å². The summed E-state index contributed by atoms with van der Waals surface area (Å²) in [7, 11) is 0.466. The van der Waals surface area contributed by atoms with Crippen LogP contribution in [0.1, 0.15) is 13.8 Å². The third kappa shape index (κ3) is 2.33. The van der Waals surface area contributed by atoms with Gasteiger partial charge in [0.15, 0.2) is 0 Å². The van der Waals surface area contributed by atoms with Crippen LogP contribution in [-0.2, 0) is 10.1 Å². The first-order valence-corrected chi connectivity index (χ1v) is 3.79. The SMILES string of the molecule is CC=[S-](C)=CC. The minimum Gasteiger partial charge on any atom is -0.482 e. The lowest BCUT2D eigenvalue weighted by atomic mass is 11.0. The van der Waals surface area contributed by atoms with E-state index in [2.05, 4.69) is 30.8 Å². The van der Waals surface area contributed by atoms with E-state index in [0.717, 1.165) is 0 Å². The van der Waals surface area contributed by atoms with Gasteiger partial charge in [-0.15, -0.1) is 6.26 Å². The van der Waals surface area contributed by atoms with Gasteiger partial charge in [0.1, 0.15) is 0 Å². The topological polar surface area (TPSA) is 0 Å². The predicted molar refractivity (Wildman–Crippen MR) is 36.8 cm³/mol. The molecule has 0 aliphatic carbocycles.